The maximum atomic E-state index is 4.91. The van der Waals surface area contributed by atoms with Gasteiger partial charge in [-0.25, -0.2) is 0 Å². The molecule has 0 aliphatic carbocycles. The van der Waals surface area contributed by atoms with Crippen LogP contribution in [0.3, 0.4) is 0 Å². The average molecular weight is 356 g/mol. The first-order chi connectivity index (χ1) is 12.9. The second-order valence-corrected chi connectivity index (χ2v) is 8.08. The lowest BCUT2D eigenvalue weighted by atomic mass is 9.39. The van der Waals surface area contributed by atoms with Crippen LogP contribution in [0.15, 0.2) is 30.6 Å². The van der Waals surface area contributed by atoms with Crippen LogP contribution in [-0.4, -0.2) is 26.6 Å². The number of nitrogens with zero attached hydrogens (tertiary/aromatic N) is 4. The van der Waals surface area contributed by atoms with Crippen molar-refractivity contribution in [1.29, 1.82) is 0 Å². The molecule has 0 fully saturated rings. The Morgan fingerprint density at radius 1 is 0.741 bits per heavy atom. The molecule has 0 bridgehead atoms. The van der Waals surface area contributed by atoms with Crippen molar-refractivity contribution in [1.82, 2.24) is 19.9 Å². The van der Waals surface area contributed by atoms with Crippen molar-refractivity contribution in [2.75, 3.05) is 0 Å². The Balaban J connectivity index is 2.09. The van der Waals surface area contributed by atoms with Crippen LogP contribution in [0.2, 0.25) is 0 Å². The first kappa shape index (κ1) is 17.8. The maximum Gasteiger partial charge on any atom is 0.294 e. The highest BCUT2D eigenvalue weighted by atomic mass is 14.9. The fraction of sp³-hybridized carbons (Fsp3) is 0.364. The van der Waals surface area contributed by atoms with Gasteiger partial charge in [0.1, 0.15) is 11.4 Å². The highest BCUT2D eigenvalue weighted by molar-refractivity contribution is 6.98. The molecule has 3 aromatic rings. The van der Waals surface area contributed by atoms with Crippen LogP contribution in [-0.2, 0) is 0 Å². The Hall–Kier alpha value is -2.56. The molecule has 0 N–H and O–H groups in total. The number of fused-ring (bicyclic) bond motifs is 3. The summed E-state index contributed by atoms with van der Waals surface area (Å²) < 4.78 is 0. The summed E-state index contributed by atoms with van der Waals surface area (Å²) in [7, 11) is 0. The largest absolute Gasteiger partial charge is 0.294 e. The van der Waals surface area contributed by atoms with E-state index in [4.69, 9.17) is 9.97 Å². The van der Waals surface area contributed by atoms with E-state index in [1.807, 2.05) is 26.2 Å². The monoisotopic (exact) mass is 356 g/mol. The highest BCUT2D eigenvalue weighted by Crippen LogP contribution is 2.24. The van der Waals surface area contributed by atoms with Crippen molar-refractivity contribution >= 4 is 23.4 Å². The SMILES string of the molecule is Cc1cnc2c(n1)B(c1c(C(C)C)cccc1C(C)C)c1nc(C)cnc1-2. The second-order valence-electron chi connectivity index (χ2n) is 8.08. The standard InChI is InChI=1S/C22H25BN4/c1-12(2)16-8-7-9-17(13(3)4)18(16)23-21-19(24-10-14(5)26-21)20-22(23)27-15(6)11-25-20/h7-13H,1-6H3. The van der Waals surface area contributed by atoms with E-state index in [-0.39, 0.29) is 6.71 Å². The van der Waals surface area contributed by atoms with E-state index in [0.29, 0.717) is 11.8 Å². The highest BCUT2D eigenvalue weighted by Gasteiger charge is 2.41. The van der Waals surface area contributed by atoms with Gasteiger partial charge < -0.3 is 0 Å². The van der Waals surface area contributed by atoms with E-state index in [2.05, 4.69) is 55.9 Å². The summed E-state index contributed by atoms with van der Waals surface area (Å²) in [4.78, 5) is 19.2. The van der Waals surface area contributed by atoms with Crippen LogP contribution >= 0.6 is 0 Å². The van der Waals surface area contributed by atoms with E-state index in [9.17, 15) is 0 Å². The number of aromatic nitrogens is 4. The van der Waals surface area contributed by atoms with Crippen molar-refractivity contribution in [2.45, 2.75) is 53.4 Å². The predicted molar refractivity (Wildman–Crippen MR) is 112 cm³/mol. The van der Waals surface area contributed by atoms with Crippen LogP contribution < -0.4 is 16.6 Å². The number of hydrogen-bond donors (Lipinski definition) is 0. The van der Waals surface area contributed by atoms with Gasteiger partial charge in [0.15, 0.2) is 0 Å². The third kappa shape index (κ3) is 2.86. The number of hydrogen-bond acceptors (Lipinski definition) is 4. The van der Waals surface area contributed by atoms with Gasteiger partial charge in [-0.15, -0.1) is 0 Å². The molecule has 1 aromatic carbocycles. The maximum absolute atomic E-state index is 4.91. The Kier molecular flexibility index (Phi) is 4.33. The number of rotatable bonds is 3. The lowest BCUT2D eigenvalue weighted by molar-refractivity contribution is 0.845. The number of benzene rings is 1. The van der Waals surface area contributed by atoms with Crippen LogP contribution in [0.4, 0.5) is 0 Å². The first-order valence-corrected chi connectivity index (χ1v) is 9.68. The fourth-order valence-electron chi connectivity index (χ4n) is 4.10. The fourth-order valence-corrected chi connectivity index (χ4v) is 4.10. The topological polar surface area (TPSA) is 51.6 Å². The third-order valence-corrected chi connectivity index (χ3v) is 5.32. The van der Waals surface area contributed by atoms with Crippen molar-refractivity contribution < 1.29 is 0 Å². The minimum absolute atomic E-state index is 0.00852. The molecule has 1 aliphatic rings. The van der Waals surface area contributed by atoms with Crippen molar-refractivity contribution in [2.24, 2.45) is 0 Å². The molecule has 136 valence electrons. The van der Waals surface area contributed by atoms with Crippen LogP contribution in [0.1, 0.15) is 62.0 Å². The van der Waals surface area contributed by atoms with Gasteiger partial charge in [-0.1, -0.05) is 51.4 Å². The molecule has 0 saturated carbocycles. The molecule has 0 radical (unpaired) electrons. The molecule has 0 amide bonds. The summed E-state index contributed by atoms with van der Waals surface area (Å²) in [6.07, 6.45) is 3.65. The lowest BCUT2D eigenvalue weighted by Crippen LogP contribution is -2.54. The molecule has 0 unspecified atom stereocenters. The van der Waals surface area contributed by atoms with Crippen molar-refractivity contribution in [3.05, 3.63) is 53.1 Å². The first-order valence-electron chi connectivity index (χ1n) is 9.68. The summed E-state index contributed by atoms with van der Waals surface area (Å²) in [6.45, 7) is 13.0. The van der Waals surface area contributed by atoms with Crippen molar-refractivity contribution in [3.8, 4) is 11.4 Å². The Labute approximate surface area is 161 Å². The summed E-state index contributed by atoms with van der Waals surface area (Å²) in [5.74, 6) is 0.837. The average Bonchev–Trinajstić information content (AvgIpc) is 2.92. The van der Waals surface area contributed by atoms with E-state index in [0.717, 1.165) is 34.0 Å². The molecular formula is C22H25BN4. The minimum Gasteiger partial charge on any atom is -0.263 e. The van der Waals surface area contributed by atoms with E-state index in [1.54, 1.807) is 0 Å². The molecule has 27 heavy (non-hydrogen) atoms. The number of aryl methyl sites for hydroxylation is 2. The zero-order valence-electron chi connectivity index (χ0n) is 16.9. The summed E-state index contributed by atoms with van der Waals surface area (Å²) in [5, 5.41) is 0. The Morgan fingerprint density at radius 2 is 1.19 bits per heavy atom. The molecule has 2 aromatic heterocycles. The van der Waals surface area contributed by atoms with Gasteiger partial charge in [0.25, 0.3) is 6.71 Å². The van der Waals surface area contributed by atoms with E-state index < -0.39 is 0 Å². The van der Waals surface area contributed by atoms with Gasteiger partial charge >= 0.3 is 0 Å². The van der Waals surface area contributed by atoms with Crippen LogP contribution in [0.5, 0.6) is 0 Å². The normalized spacial score (nSPS) is 12.7. The quantitative estimate of drug-likeness (QED) is 0.530. The molecule has 1 aliphatic heterocycles. The zero-order chi connectivity index (χ0) is 19.3. The van der Waals surface area contributed by atoms with Gasteiger partial charge in [-0.3, -0.25) is 19.9 Å². The molecular weight excluding hydrogens is 331 g/mol. The minimum atomic E-state index is -0.00852. The predicted octanol–water partition coefficient (Wildman–Crippen LogP) is 2.63. The smallest absolute Gasteiger partial charge is 0.263 e. The van der Waals surface area contributed by atoms with Crippen LogP contribution in [0, 0.1) is 13.8 Å². The Morgan fingerprint density at radius 3 is 1.59 bits per heavy atom. The summed E-state index contributed by atoms with van der Waals surface area (Å²) in [6, 6.07) is 6.67. The van der Waals surface area contributed by atoms with Gasteiger partial charge in [0.2, 0.25) is 0 Å². The molecule has 0 saturated heterocycles. The van der Waals surface area contributed by atoms with Gasteiger partial charge in [-0.2, -0.15) is 0 Å². The molecule has 0 spiro atoms. The van der Waals surface area contributed by atoms with Gasteiger partial charge in [-0.05, 0) is 36.8 Å². The zero-order valence-corrected chi connectivity index (χ0v) is 16.9. The lowest BCUT2D eigenvalue weighted by Gasteiger charge is -2.23. The molecule has 3 heterocycles. The van der Waals surface area contributed by atoms with Gasteiger partial charge in [0, 0.05) is 23.6 Å². The molecule has 4 rings (SSSR count). The summed E-state index contributed by atoms with van der Waals surface area (Å²) in [5.41, 5.74) is 9.64. The second kappa shape index (κ2) is 6.56. The third-order valence-electron chi connectivity index (χ3n) is 5.32. The van der Waals surface area contributed by atoms with Gasteiger partial charge in [0.05, 0.1) is 11.4 Å². The van der Waals surface area contributed by atoms with E-state index in [1.165, 1.54) is 16.6 Å². The Bertz CT molecular complexity index is 949. The van der Waals surface area contributed by atoms with Crippen molar-refractivity contribution in [3.63, 3.8) is 0 Å². The summed E-state index contributed by atoms with van der Waals surface area (Å²) >= 11 is 0. The van der Waals surface area contributed by atoms with E-state index >= 15 is 0 Å². The molecule has 5 heteroatoms. The van der Waals surface area contributed by atoms with Crippen LogP contribution in [0.25, 0.3) is 11.4 Å². The molecule has 0 atom stereocenters. The molecule has 4 nitrogen and oxygen atoms in total.